The molecule has 3 atom stereocenters. The minimum atomic E-state index is -0.774. The number of ether oxygens (including phenoxy) is 1. The number of thiocarbonyl (C=S) groups is 1. The number of allylic oxidation sites excluding steroid dienone is 4. The molecule has 34 heavy (non-hydrogen) atoms. The third-order valence-corrected chi connectivity index (χ3v) is 7.32. The molecule has 1 fully saturated rings. The van der Waals surface area contributed by atoms with E-state index in [9.17, 15) is 10.4 Å². The highest BCUT2D eigenvalue weighted by Crippen LogP contribution is 2.38. The monoisotopic (exact) mass is 500 g/mol. The molecule has 1 aromatic heterocycles. The number of nitrogens with zero attached hydrogens (tertiary/aromatic N) is 4. The van der Waals surface area contributed by atoms with Gasteiger partial charge in [0.2, 0.25) is 0 Å². The molecule has 182 valence electrons. The Morgan fingerprint density at radius 2 is 2.26 bits per heavy atom. The van der Waals surface area contributed by atoms with Crippen LogP contribution in [0, 0.1) is 17.2 Å². The van der Waals surface area contributed by atoms with E-state index in [2.05, 4.69) is 28.6 Å². The van der Waals surface area contributed by atoms with Crippen molar-refractivity contribution in [2.24, 2.45) is 5.92 Å². The highest BCUT2D eigenvalue weighted by atomic mass is 35.5. The number of rotatable bonds is 10. The van der Waals surface area contributed by atoms with Gasteiger partial charge in [-0.05, 0) is 62.5 Å². The van der Waals surface area contributed by atoms with Gasteiger partial charge < -0.3 is 14.7 Å². The molecule has 0 spiro atoms. The Balaban J connectivity index is 1.49. The van der Waals surface area contributed by atoms with Crippen LogP contribution in [-0.4, -0.2) is 61.9 Å². The second-order valence-corrected chi connectivity index (χ2v) is 10.0. The number of nitriles is 1. The van der Waals surface area contributed by atoms with Gasteiger partial charge in [-0.15, -0.1) is 11.6 Å². The Labute approximate surface area is 213 Å². The van der Waals surface area contributed by atoms with Crippen LogP contribution in [0.4, 0.5) is 0 Å². The van der Waals surface area contributed by atoms with E-state index < -0.39 is 11.8 Å². The number of hydrogen-bond donors (Lipinski definition) is 1. The summed E-state index contributed by atoms with van der Waals surface area (Å²) in [5, 5.41) is 20.6. The average molecular weight is 501 g/mol. The first-order chi connectivity index (χ1) is 16.3. The van der Waals surface area contributed by atoms with Crippen molar-refractivity contribution in [2.45, 2.75) is 56.7 Å². The van der Waals surface area contributed by atoms with Crippen LogP contribution in [0.5, 0.6) is 0 Å². The predicted molar refractivity (Wildman–Crippen MR) is 140 cm³/mol. The Morgan fingerprint density at radius 1 is 1.47 bits per heavy atom. The zero-order valence-electron chi connectivity index (χ0n) is 19.9. The summed E-state index contributed by atoms with van der Waals surface area (Å²) >= 11 is 12.2. The fourth-order valence-electron chi connectivity index (χ4n) is 4.34. The van der Waals surface area contributed by atoms with Crippen molar-refractivity contribution in [2.75, 3.05) is 19.8 Å². The van der Waals surface area contributed by atoms with Crippen LogP contribution in [0.15, 0.2) is 55.0 Å². The predicted octanol–water partition coefficient (Wildman–Crippen LogP) is 4.87. The van der Waals surface area contributed by atoms with Gasteiger partial charge in [0, 0.05) is 37.7 Å². The summed E-state index contributed by atoms with van der Waals surface area (Å²) in [5.41, 5.74) is 2.44. The molecule has 2 heterocycles. The van der Waals surface area contributed by atoms with Crippen LogP contribution in [0.25, 0.3) is 5.57 Å². The molecule has 0 saturated carbocycles. The third-order valence-electron chi connectivity index (χ3n) is 6.44. The maximum absolute atomic E-state index is 11.1. The zero-order valence-corrected chi connectivity index (χ0v) is 21.4. The highest BCUT2D eigenvalue weighted by Gasteiger charge is 2.49. The number of pyridine rings is 1. The van der Waals surface area contributed by atoms with E-state index >= 15 is 0 Å². The Bertz CT molecular complexity index is 973. The van der Waals surface area contributed by atoms with Crippen LogP contribution in [-0.2, 0) is 4.74 Å². The van der Waals surface area contributed by atoms with E-state index in [1.165, 1.54) is 0 Å². The molecular weight excluding hydrogens is 468 g/mol. The van der Waals surface area contributed by atoms with E-state index in [1.807, 2.05) is 44.3 Å². The number of halogens is 1. The van der Waals surface area contributed by atoms with Crippen LogP contribution >= 0.6 is 23.8 Å². The van der Waals surface area contributed by atoms with Crippen LogP contribution in [0.2, 0.25) is 0 Å². The summed E-state index contributed by atoms with van der Waals surface area (Å²) in [4.78, 5) is 8.02. The van der Waals surface area contributed by atoms with E-state index in [-0.39, 0.29) is 11.3 Å². The van der Waals surface area contributed by atoms with Gasteiger partial charge in [0.15, 0.2) is 11.3 Å². The highest BCUT2D eigenvalue weighted by molar-refractivity contribution is 7.80. The topological polar surface area (TPSA) is 72.6 Å². The number of hydrogen-bond acceptors (Lipinski definition) is 5. The lowest BCUT2D eigenvalue weighted by Crippen LogP contribution is -2.47. The molecule has 3 rings (SSSR count). The van der Waals surface area contributed by atoms with Crippen molar-refractivity contribution in [3.63, 3.8) is 0 Å². The van der Waals surface area contributed by atoms with E-state index in [1.54, 1.807) is 11.1 Å². The Kier molecular flexibility index (Phi) is 9.26. The quantitative estimate of drug-likeness (QED) is 0.212. The Hall–Kier alpha value is -2.24. The van der Waals surface area contributed by atoms with Gasteiger partial charge in [0.1, 0.15) is 0 Å². The largest absolute Gasteiger partial charge is 0.381 e. The minimum absolute atomic E-state index is 0.207. The average Bonchev–Trinajstić information content (AvgIpc) is 3.00. The summed E-state index contributed by atoms with van der Waals surface area (Å²) in [5.74, 6) is -0.207. The molecule has 1 saturated heterocycles. The molecule has 0 aromatic carbocycles. The van der Waals surface area contributed by atoms with Gasteiger partial charge >= 0.3 is 0 Å². The second kappa shape index (κ2) is 11.9. The number of aliphatic hydroxyl groups excluding tert-OH is 1. The van der Waals surface area contributed by atoms with Gasteiger partial charge in [-0.3, -0.25) is 9.88 Å². The summed E-state index contributed by atoms with van der Waals surface area (Å²) in [7, 11) is 0. The maximum atomic E-state index is 11.1. The minimum Gasteiger partial charge on any atom is -0.381 e. The molecule has 3 unspecified atom stereocenters. The van der Waals surface area contributed by atoms with Crippen molar-refractivity contribution < 1.29 is 9.84 Å². The lowest BCUT2D eigenvalue weighted by molar-refractivity contribution is 0.00363. The lowest BCUT2D eigenvalue weighted by Gasteiger charge is -2.33. The number of aromatic nitrogens is 1. The molecule has 0 amide bonds. The molecule has 1 N–H and O–H groups in total. The van der Waals surface area contributed by atoms with Crippen LogP contribution < -0.4 is 0 Å². The second-order valence-electron chi connectivity index (χ2n) is 9.08. The van der Waals surface area contributed by atoms with Crippen molar-refractivity contribution >= 4 is 34.5 Å². The molecule has 0 radical (unpaired) electrons. The molecule has 1 aliphatic heterocycles. The molecule has 0 bridgehead atoms. The van der Waals surface area contributed by atoms with E-state index in [0.717, 1.165) is 29.7 Å². The summed E-state index contributed by atoms with van der Waals surface area (Å²) < 4.78 is 5.84. The van der Waals surface area contributed by atoms with E-state index in [4.69, 9.17) is 28.6 Å². The van der Waals surface area contributed by atoms with Gasteiger partial charge in [-0.1, -0.05) is 30.9 Å². The molecule has 1 aliphatic carbocycles. The summed E-state index contributed by atoms with van der Waals surface area (Å²) in [6.45, 7) is 9.77. The first kappa shape index (κ1) is 26.4. The van der Waals surface area contributed by atoms with Gasteiger partial charge in [0.05, 0.1) is 29.5 Å². The summed E-state index contributed by atoms with van der Waals surface area (Å²) in [6.07, 6.45) is 11.4. The first-order valence-electron chi connectivity index (χ1n) is 11.6. The van der Waals surface area contributed by atoms with Crippen molar-refractivity contribution in [3.05, 3.63) is 60.6 Å². The molecular formula is C26H33ClN4O2S. The standard InChI is InChI=1S/C26H33ClN4O2S/c1-4-19(21-8-5-12-29-18-21)9-6-14-33-15-7-13-30-25(34)31(24(32)26(30,2)3)22-11-10-20(17-28)23(27)16-22/h4-5,8-9,11-12,18,20,23-24,32H,1,6-7,10,13-16H2,2-3H3. The van der Waals surface area contributed by atoms with Crippen molar-refractivity contribution in [1.29, 1.82) is 5.26 Å². The molecule has 2 aliphatic rings. The van der Waals surface area contributed by atoms with Crippen LogP contribution in [0.1, 0.15) is 45.1 Å². The SMILES string of the molecule is C=CC(=CCCOCCCN1C(=S)N(C2=CCC(C#N)C(Cl)C2)C(O)C1(C)C)c1cccnc1. The fourth-order valence-corrected chi connectivity index (χ4v) is 5.20. The van der Waals surface area contributed by atoms with Gasteiger partial charge in [-0.2, -0.15) is 5.26 Å². The number of alkyl halides is 1. The fraction of sp³-hybridized carbons (Fsp3) is 0.500. The normalized spacial score (nSPS) is 24.7. The van der Waals surface area contributed by atoms with Gasteiger partial charge in [0.25, 0.3) is 0 Å². The Morgan fingerprint density at radius 3 is 2.91 bits per heavy atom. The zero-order chi connectivity index (χ0) is 24.7. The first-order valence-corrected chi connectivity index (χ1v) is 12.5. The van der Waals surface area contributed by atoms with Crippen molar-refractivity contribution in [3.8, 4) is 6.07 Å². The third kappa shape index (κ3) is 5.87. The summed E-state index contributed by atoms with van der Waals surface area (Å²) in [6, 6.07) is 6.18. The lowest BCUT2D eigenvalue weighted by atomic mass is 9.92. The van der Waals surface area contributed by atoms with Crippen LogP contribution in [0.3, 0.4) is 0 Å². The number of aliphatic hydroxyl groups is 1. The smallest absolute Gasteiger partial charge is 0.178 e. The maximum Gasteiger partial charge on any atom is 0.178 e. The molecule has 8 heteroatoms. The van der Waals surface area contributed by atoms with Crippen molar-refractivity contribution in [1.82, 2.24) is 14.8 Å². The molecule has 1 aromatic rings. The van der Waals surface area contributed by atoms with Gasteiger partial charge in [-0.25, -0.2) is 0 Å². The molecule has 6 nitrogen and oxygen atoms in total. The van der Waals surface area contributed by atoms with E-state index in [0.29, 0.717) is 37.7 Å².